The smallest absolute Gasteiger partial charge is 0.348 e. The summed E-state index contributed by atoms with van der Waals surface area (Å²) in [4.78, 5) is 33.2. The fourth-order valence-electron chi connectivity index (χ4n) is 4.27. The second-order valence-electron chi connectivity index (χ2n) is 9.30. The number of carbonyl (C=O) groups is 2. The predicted molar refractivity (Wildman–Crippen MR) is 141 cm³/mol. The third-order valence-corrected chi connectivity index (χ3v) is 7.93. The molecule has 3 aromatic rings. The molecule has 1 aliphatic rings. The zero-order chi connectivity index (χ0) is 31.6. The summed E-state index contributed by atoms with van der Waals surface area (Å²) in [6, 6.07) is 5.54. The fraction of sp³-hybridized carbons (Fsp3) is 0.259. The van der Waals surface area contributed by atoms with Crippen LogP contribution >= 0.6 is 7.82 Å². The van der Waals surface area contributed by atoms with Crippen molar-refractivity contribution in [2.24, 2.45) is 0 Å². The number of urea groups is 1. The number of nitrogens with zero attached hydrogens (tertiary/aromatic N) is 2. The second kappa shape index (κ2) is 12.7. The number of anilines is 1. The monoisotopic (exact) mass is 629 g/mol. The van der Waals surface area contributed by atoms with Gasteiger partial charge in [0.1, 0.15) is 29.1 Å². The Morgan fingerprint density at radius 1 is 0.930 bits per heavy atom. The summed E-state index contributed by atoms with van der Waals surface area (Å²) in [7, 11) is -0.635. The average Bonchev–Trinajstić information content (AvgIpc) is 2.97. The van der Waals surface area contributed by atoms with Crippen molar-refractivity contribution in [2.75, 3.05) is 26.2 Å². The van der Waals surface area contributed by atoms with Crippen molar-refractivity contribution in [1.29, 1.82) is 0 Å². The molecule has 3 aromatic carbocycles. The van der Waals surface area contributed by atoms with Crippen molar-refractivity contribution in [3.63, 3.8) is 0 Å². The van der Waals surface area contributed by atoms with Gasteiger partial charge in [-0.3, -0.25) is 18.7 Å². The van der Waals surface area contributed by atoms with Crippen molar-refractivity contribution < 1.29 is 54.7 Å². The van der Waals surface area contributed by atoms with E-state index in [0.717, 1.165) is 31.3 Å². The van der Waals surface area contributed by atoms with Crippen LogP contribution in [0.15, 0.2) is 42.5 Å². The highest BCUT2D eigenvalue weighted by atomic mass is 31.2. The third kappa shape index (κ3) is 6.64. The minimum Gasteiger partial charge on any atom is -0.348 e. The number of hydrogen-bond acceptors (Lipinski definition) is 7. The van der Waals surface area contributed by atoms with Crippen LogP contribution in [0.2, 0.25) is 0 Å². The highest BCUT2D eigenvalue weighted by Gasteiger charge is 2.35. The summed E-state index contributed by atoms with van der Waals surface area (Å²) in [6.45, 7) is 0.488. The number of rotatable bonds is 10. The van der Waals surface area contributed by atoms with E-state index in [9.17, 15) is 27.3 Å². The standard InChI is InChI=1S/C27H25F5N3O7P/c1-14-18-6-5-15(26(36)33-12-19-21(29)8-16(28)9-22(19)30)7-25(18)35(27(37)34(14)2)13-20-23(31)10-17(11-24(20)32)41-42-43(38,39-3)40-4/h5-11,14H,12-13H2,1-4H3,(H,33,36)/t14-/m0/s1. The number of phosphoric acid groups is 1. The van der Waals surface area contributed by atoms with E-state index in [1.165, 1.54) is 30.1 Å². The maximum atomic E-state index is 15.1. The number of halogens is 5. The zero-order valence-electron chi connectivity index (χ0n) is 23.1. The number of nitrogens with one attached hydrogen (secondary N) is 1. The molecule has 0 fully saturated rings. The van der Waals surface area contributed by atoms with E-state index in [2.05, 4.69) is 19.0 Å². The van der Waals surface area contributed by atoms with Gasteiger partial charge in [-0.1, -0.05) is 10.7 Å². The van der Waals surface area contributed by atoms with E-state index >= 15 is 8.78 Å². The topological polar surface area (TPSA) is 107 Å². The molecule has 0 bridgehead atoms. The van der Waals surface area contributed by atoms with Crippen LogP contribution < -0.4 is 15.1 Å². The molecule has 10 nitrogen and oxygen atoms in total. The summed E-state index contributed by atoms with van der Waals surface area (Å²) < 4.78 is 96.9. The normalized spacial score (nSPS) is 15.0. The molecule has 1 atom stereocenters. The summed E-state index contributed by atoms with van der Waals surface area (Å²) in [5, 5.41) is 2.34. The maximum absolute atomic E-state index is 15.1. The Bertz CT molecular complexity index is 1570. The molecule has 43 heavy (non-hydrogen) atoms. The molecular weight excluding hydrogens is 604 g/mol. The first-order valence-corrected chi connectivity index (χ1v) is 13.9. The summed E-state index contributed by atoms with van der Waals surface area (Å²) >= 11 is 0. The van der Waals surface area contributed by atoms with Crippen LogP contribution in [0.5, 0.6) is 5.75 Å². The van der Waals surface area contributed by atoms with E-state index in [4.69, 9.17) is 4.89 Å². The number of benzene rings is 3. The lowest BCUT2D eigenvalue weighted by Crippen LogP contribution is -2.47. The van der Waals surface area contributed by atoms with Gasteiger partial charge < -0.3 is 15.1 Å². The van der Waals surface area contributed by atoms with Gasteiger partial charge in [-0.05, 0) is 24.6 Å². The maximum Gasteiger partial charge on any atom is 0.510 e. The number of amides is 3. The molecule has 0 radical (unpaired) electrons. The molecular formula is C27H25F5N3O7P. The van der Waals surface area contributed by atoms with Crippen molar-refractivity contribution >= 4 is 25.4 Å². The molecule has 0 aliphatic carbocycles. The Labute approximate surface area is 242 Å². The van der Waals surface area contributed by atoms with Crippen molar-refractivity contribution in [3.8, 4) is 5.75 Å². The Hall–Kier alpha value is -4.04. The molecule has 16 heteroatoms. The van der Waals surface area contributed by atoms with Crippen LogP contribution in [0.1, 0.15) is 40.0 Å². The first-order chi connectivity index (χ1) is 20.3. The van der Waals surface area contributed by atoms with Crippen molar-refractivity contribution in [3.05, 3.63) is 93.8 Å². The SMILES string of the molecule is COP(=O)(OC)OOc1cc(F)c(CN2C(=O)N(C)[C@@H](C)c3ccc(C(=O)NCc4c(F)cc(F)cc4F)cc32)c(F)c1. The quantitative estimate of drug-likeness (QED) is 0.124. The molecule has 1 heterocycles. The van der Waals surface area contributed by atoms with Crippen LogP contribution in [0.25, 0.3) is 0 Å². The van der Waals surface area contributed by atoms with Crippen molar-refractivity contribution in [1.82, 2.24) is 10.2 Å². The summed E-state index contributed by atoms with van der Waals surface area (Å²) in [5.41, 5.74) is -0.438. The Balaban J connectivity index is 1.61. The van der Waals surface area contributed by atoms with E-state index < -0.39 is 84.9 Å². The highest BCUT2D eigenvalue weighted by Crippen LogP contribution is 2.48. The fourth-order valence-corrected chi connectivity index (χ4v) is 4.71. The minimum atomic E-state index is -4.13. The first-order valence-electron chi connectivity index (χ1n) is 12.4. The molecule has 230 valence electrons. The average molecular weight is 629 g/mol. The van der Waals surface area contributed by atoms with E-state index in [1.807, 2.05) is 0 Å². The third-order valence-electron chi connectivity index (χ3n) is 6.78. The van der Waals surface area contributed by atoms with Crippen LogP contribution in [0.4, 0.5) is 32.4 Å². The summed E-state index contributed by atoms with van der Waals surface area (Å²) in [5.74, 6) is -7.07. The predicted octanol–water partition coefficient (Wildman–Crippen LogP) is 6.16. The second-order valence-corrected chi connectivity index (χ2v) is 11.1. The highest BCUT2D eigenvalue weighted by molar-refractivity contribution is 7.48. The van der Waals surface area contributed by atoms with Crippen LogP contribution in [0.3, 0.4) is 0 Å². The van der Waals surface area contributed by atoms with Crippen molar-refractivity contribution in [2.45, 2.75) is 26.1 Å². The van der Waals surface area contributed by atoms with Gasteiger partial charge >= 0.3 is 13.9 Å². The lowest BCUT2D eigenvalue weighted by molar-refractivity contribution is -0.128. The molecule has 1 N–H and O–H groups in total. The van der Waals surface area contributed by atoms with Gasteiger partial charge in [0.25, 0.3) is 5.91 Å². The van der Waals surface area contributed by atoms with Crippen LogP contribution in [-0.4, -0.2) is 38.1 Å². The van der Waals surface area contributed by atoms with Gasteiger partial charge in [0.15, 0.2) is 5.75 Å². The summed E-state index contributed by atoms with van der Waals surface area (Å²) in [6.07, 6.45) is 0. The van der Waals surface area contributed by atoms with Gasteiger partial charge in [-0.25, -0.2) is 31.3 Å². The molecule has 0 unspecified atom stereocenters. The molecule has 0 saturated carbocycles. The lowest BCUT2D eigenvalue weighted by atomic mass is 9.98. The van der Waals surface area contributed by atoms with E-state index in [0.29, 0.717) is 17.7 Å². The number of fused-ring (bicyclic) bond motifs is 1. The number of carbonyl (C=O) groups excluding carboxylic acids is 2. The Morgan fingerprint density at radius 3 is 2.09 bits per heavy atom. The van der Waals surface area contributed by atoms with Gasteiger partial charge in [-0.15, -0.1) is 0 Å². The van der Waals surface area contributed by atoms with Gasteiger partial charge in [0.05, 0.1) is 18.3 Å². The van der Waals surface area contributed by atoms with Crippen LogP contribution in [-0.2, 0) is 31.4 Å². The molecule has 0 saturated heterocycles. The largest absolute Gasteiger partial charge is 0.510 e. The minimum absolute atomic E-state index is 0.0289. The Kier molecular flexibility index (Phi) is 9.40. The first kappa shape index (κ1) is 31.9. The number of hydrogen-bond donors (Lipinski definition) is 1. The van der Waals surface area contributed by atoms with E-state index in [1.54, 1.807) is 6.92 Å². The van der Waals surface area contributed by atoms with Gasteiger partial charge in [0, 0.05) is 68.8 Å². The van der Waals surface area contributed by atoms with Crippen LogP contribution in [0, 0.1) is 29.1 Å². The van der Waals surface area contributed by atoms with Gasteiger partial charge in [-0.2, -0.15) is 0 Å². The molecule has 1 aliphatic heterocycles. The molecule has 0 aromatic heterocycles. The van der Waals surface area contributed by atoms with E-state index in [-0.39, 0.29) is 11.3 Å². The van der Waals surface area contributed by atoms with Gasteiger partial charge in [0.2, 0.25) is 0 Å². The molecule has 3 amide bonds. The molecule has 0 spiro atoms. The Morgan fingerprint density at radius 2 is 1.51 bits per heavy atom. The number of phosphoric ester groups is 1. The lowest BCUT2D eigenvalue weighted by Gasteiger charge is -2.39. The zero-order valence-corrected chi connectivity index (χ0v) is 24.0. The molecule has 4 rings (SSSR count).